The molecule has 5 rings (SSSR count). The monoisotopic (exact) mass is 602 g/mol. The van der Waals surface area contributed by atoms with Crippen LogP contribution in [0.2, 0.25) is 5.82 Å². The van der Waals surface area contributed by atoms with Crippen molar-refractivity contribution in [1.82, 2.24) is 0 Å². The van der Waals surface area contributed by atoms with Crippen LogP contribution in [-0.2, 0) is 36.7 Å². The zero-order valence-corrected chi connectivity index (χ0v) is 27.0. The first-order chi connectivity index (χ1) is 20.8. The van der Waals surface area contributed by atoms with E-state index in [1.807, 2.05) is 36.0 Å². The summed E-state index contributed by atoms with van der Waals surface area (Å²) in [7, 11) is -0.413. The first kappa shape index (κ1) is 32.3. The molecule has 0 N–H and O–H groups in total. The highest BCUT2D eigenvalue weighted by Gasteiger charge is 2.60. The van der Waals surface area contributed by atoms with Crippen LogP contribution in [0.3, 0.4) is 0 Å². The van der Waals surface area contributed by atoms with Gasteiger partial charge in [0, 0.05) is 10.7 Å². The lowest BCUT2D eigenvalue weighted by Gasteiger charge is -2.32. The molecule has 2 aliphatic rings. The van der Waals surface area contributed by atoms with Gasteiger partial charge in [0.15, 0.2) is 0 Å². The molecule has 2 heterocycles. The van der Waals surface area contributed by atoms with Gasteiger partial charge in [0.25, 0.3) is 0 Å². The molecule has 2 aliphatic heterocycles. The maximum absolute atomic E-state index is 6.82. The Balaban J connectivity index is 1.27. The molecule has 2 saturated heterocycles. The van der Waals surface area contributed by atoms with E-state index in [1.54, 1.807) is 0 Å². The number of thioether (sulfide) groups is 1. The third-order valence-electron chi connectivity index (χ3n) is 8.93. The van der Waals surface area contributed by atoms with Gasteiger partial charge in [0.2, 0.25) is 0 Å². The maximum atomic E-state index is 6.82. The maximum Gasteiger partial charge on any atom is 0.466 e. The van der Waals surface area contributed by atoms with Gasteiger partial charge in [0.05, 0.1) is 43.2 Å². The van der Waals surface area contributed by atoms with Crippen LogP contribution in [-0.4, -0.2) is 49.0 Å². The first-order valence-electron chi connectivity index (χ1n) is 15.8. The van der Waals surface area contributed by atoms with E-state index in [2.05, 4.69) is 94.4 Å². The van der Waals surface area contributed by atoms with Crippen molar-refractivity contribution in [2.75, 3.05) is 12.4 Å². The number of ether oxygens (including phenoxy) is 3. The Bertz CT molecular complexity index is 1210. The molecule has 7 heteroatoms. The first-order valence-corrected chi connectivity index (χ1v) is 16.8. The molecular formula is C36H47BO5S. The Morgan fingerprint density at radius 2 is 1.28 bits per heavy atom. The van der Waals surface area contributed by atoms with Gasteiger partial charge in [-0.1, -0.05) is 91.7 Å². The van der Waals surface area contributed by atoms with E-state index >= 15 is 0 Å². The molecule has 230 valence electrons. The number of hydrogen-bond acceptors (Lipinski definition) is 6. The topological polar surface area (TPSA) is 46.2 Å². The normalized spacial score (nSPS) is 24.4. The van der Waals surface area contributed by atoms with Gasteiger partial charge in [-0.05, 0) is 69.5 Å². The second kappa shape index (κ2) is 15.2. The van der Waals surface area contributed by atoms with E-state index < -0.39 is 18.3 Å². The molecule has 4 atom stereocenters. The average Bonchev–Trinajstić information content (AvgIpc) is 3.46. The van der Waals surface area contributed by atoms with Crippen LogP contribution in [0.25, 0.3) is 0 Å². The van der Waals surface area contributed by atoms with Gasteiger partial charge in [0.1, 0.15) is 6.10 Å². The van der Waals surface area contributed by atoms with Crippen molar-refractivity contribution in [2.45, 2.75) is 107 Å². The Kier molecular flexibility index (Phi) is 11.4. The summed E-state index contributed by atoms with van der Waals surface area (Å²) in [5.74, 6) is 1.06. The highest BCUT2D eigenvalue weighted by Crippen LogP contribution is 2.47. The summed E-state index contributed by atoms with van der Waals surface area (Å²) >= 11 is 1.93. The molecule has 3 aromatic carbocycles. The second-order valence-electron chi connectivity index (χ2n) is 12.7. The lowest BCUT2D eigenvalue weighted by Crippen LogP contribution is -2.41. The number of hydrogen-bond donors (Lipinski definition) is 0. The van der Waals surface area contributed by atoms with Crippen molar-refractivity contribution >= 4 is 18.9 Å². The third kappa shape index (κ3) is 8.75. The fourth-order valence-corrected chi connectivity index (χ4v) is 6.74. The standard InChI is InChI=1S/C36H47BO5S/c1-35(2)36(3,4)42-37(41-35)33-31(23-15-8-16-24-43-30-21-13-7-14-22-30)40-32(27-38-25-28-17-9-5-10-18-28)34(33)39-26-29-19-11-6-12-20-29/h5-7,9-14,17-22,31-34H,8,15-16,23-27H2,1-4H3/t31-,32+,33+,34+/m0/s1. The van der Waals surface area contributed by atoms with Crippen LogP contribution in [0.5, 0.6) is 0 Å². The van der Waals surface area contributed by atoms with Gasteiger partial charge in [-0.3, -0.25) is 0 Å². The van der Waals surface area contributed by atoms with Crippen molar-refractivity contribution in [1.29, 1.82) is 0 Å². The zero-order chi connectivity index (χ0) is 30.1. The van der Waals surface area contributed by atoms with Gasteiger partial charge in [-0.2, -0.15) is 0 Å². The molecule has 5 nitrogen and oxygen atoms in total. The Morgan fingerprint density at radius 1 is 0.698 bits per heavy atom. The molecule has 0 bridgehead atoms. The minimum Gasteiger partial charge on any atom is -0.403 e. The van der Waals surface area contributed by atoms with Gasteiger partial charge < -0.3 is 23.5 Å². The average molecular weight is 603 g/mol. The summed E-state index contributed by atoms with van der Waals surface area (Å²) in [6.45, 7) is 9.95. The SMILES string of the molecule is CC1(C)OB([C@H]2[C@H](OCc3ccccc3)[C@@H](COCc3ccccc3)O[C@H]2CCCCCSc2ccccc2)OC1(C)C. The van der Waals surface area contributed by atoms with Crippen LogP contribution < -0.4 is 0 Å². The predicted octanol–water partition coefficient (Wildman–Crippen LogP) is 8.37. The Morgan fingerprint density at radius 3 is 1.91 bits per heavy atom. The van der Waals surface area contributed by atoms with E-state index in [1.165, 1.54) is 11.3 Å². The van der Waals surface area contributed by atoms with E-state index in [0.29, 0.717) is 19.8 Å². The Hall–Kier alpha value is -2.13. The van der Waals surface area contributed by atoms with Gasteiger partial charge in [-0.15, -0.1) is 11.8 Å². The molecule has 0 saturated carbocycles. The molecule has 43 heavy (non-hydrogen) atoms. The lowest BCUT2D eigenvalue weighted by molar-refractivity contribution is -0.0721. The highest BCUT2D eigenvalue weighted by molar-refractivity contribution is 7.99. The fraction of sp³-hybridized carbons (Fsp3) is 0.500. The summed E-state index contributed by atoms with van der Waals surface area (Å²) < 4.78 is 33.1. The molecule has 0 unspecified atom stereocenters. The van der Waals surface area contributed by atoms with Crippen molar-refractivity contribution < 1.29 is 23.5 Å². The van der Waals surface area contributed by atoms with E-state index in [0.717, 1.165) is 36.1 Å². The summed E-state index contributed by atoms with van der Waals surface area (Å²) in [5, 5.41) is 0. The lowest BCUT2D eigenvalue weighted by atomic mass is 9.65. The molecule has 0 amide bonds. The molecule has 3 aromatic rings. The largest absolute Gasteiger partial charge is 0.466 e. The number of rotatable bonds is 15. The van der Waals surface area contributed by atoms with Gasteiger partial charge in [-0.25, -0.2) is 0 Å². The molecule has 0 spiro atoms. The van der Waals surface area contributed by atoms with Crippen LogP contribution in [0.4, 0.5) is 0 Å². The zero-order valence-electron chi connectivity index (χ0n) is 26.2. The van der Waals surface area contributed by atoms with Gasteiger partial charge >= 0.3 is 7.12 Å². The minimum atomic E-state index is -0.428. The van der Waals surface area contributed by atoms with Crippen molar-refractivity contribution in [3.05, 3.63) is 102 Å². The fourth-order valence-electron chi connectivity index (χ4n) is 5.81. The molecule has 0 aromatic heterocycles. The van der Waals surface area contributed by atoms with Crippen LogP contribution >= 0.6 is 11.8 Å². The van der Waals surface area contributed by atoms with Crippen LogP contribution in [0.1, 0.15) is 64.5 Å². The quantitative estimate of drug-likeness (QED) is 0.0990. The van der Waals surface area contributed by atoms with Crippen molar-refractivity contribution in [3.8, 4) is 0 Å². The van der Waals surface area contributed by atoms with E-state index in [-0.39, 0.29) is 24.1 Å². The highest BCUT2D eigenvalue weighted by atomic mass is 32.2. The van der Waals surface area contributed by atoms with Crippen molar-refractivity contribution in [3.63, 3.8) is 0 Å². The third-order valence-corrected chi connectivity index (χ3v) is 10.0. The number of unbranched alkanes of at least 4 members (excludes halogenated alkanes) is 2. The summed E-state index contributed by atoms with van der Waals surface area (Å²) in [6, 6.07) is 31.3. The van der Waals surface area contributed by atoms with E-state index in [9.17, 15) is 0 Å². The Labute approximate surface area is 263 Å². The smallest absolute Gasteiger partial charge is 0.403 e. The second-order valence-corrected chi connectivity index (χ2v) is 13.9. The summed E-state index contributed by atoms with van der Waals surface area (Å²) in [5.41, 5.74) is 1.43. The summed E-state index contributed by atoms with van der Waals surface area (Å²) in [6.07, 6.45) is 3.87. The van der Waals surface area contributed by atoms with Crippen molar-refractivity contribution in [2.24, 2.45) is 0 Å². The molecule has 0 aliphatic carbocycles. The molecule has 2 fully saturated rings. The number of benzene rings is 3. The van der Waals surface area contributed by atoms with E-state index in [4.69, 9.17) is 23.5 Å². The molecular weight excluding hydrogens is 555 g/mol. The minimum absolute atomic E-state index is 0.0393. The van der Waals surface area contributed by atoms with Crippen LogP contribution in [0, 0.1) is 0 Å². The predicted molar refractivity (Wildman–Crippen MR) is 175 cm³/mol. The molecule has 0 radical (unpaired) electrons. The summed E-state index contributed by atoms with van der Waals surface area (Å²) in [4.78, 5) is 1.33. The van der Waals surface area contributed by atoms with Crippen LogP contribution in [0.15, 0.2) is 95.9 Å².